The number of nitrogens with zero attached hydrogens (tertiary/aromatic N) is 3. The number of carbonyl (C=O) groups excluding carboxylic acids is 1. The minimum Gasteiger partial charge on any atom is -0.464 e. The summed E-state index contributed by atoms with van der Waals surface area (Å²) in [6.07, 6.45) is 3.26. The monoisotopic (exact) mass is 370 g/mol. The maximum atomic E-state index is 13.8. The maximum absolute atomic E-state index is 13.8. The molecule has 2 heterocycles. The Morgan fingerprint density at radius 1 is 1.15 bits per heavy atom. The molecule has 1 N–H and O–H groups in total. The first-order valence-electron chi connectivity index (χ1n) is 8.03. The number of hydrogen-bond acceptors (Lipinski definition) is 6. The third-order valence-electron chi connectivity index (χ3n) is 3.73. The second-order valence-corrected chi connectivity index (χ2v) is 5.79. The first-order valence-corrected chi connectivity index (χ1v) is 8.03. The van der Waals surface area contributed by atoms with Gasteiger partial charge in [0.05, 0.1) is 7.11 Å². The van der Waals surface area contributed by atoms with Gasteiger partial charge in [-0.15, -0.1) is 0 Å². The number of aryl methyl sites for hydroxylation is 1. The first kappa shape index (κ1) is 18.4. The van der Waals surface area contributed by atoms with Gasteiger partial charge in [-0.1, -0.05) is 6.07 Å². The first-order chi connectivity index (χ1) is 13.0. The Morgan fingerprint density at radius 2 is 1.96 bits per heavy atom. The zero-order valence-corrected chi connectivity index (χ0v) is 14.7. The van der Waals surface area contributed by atoms with Gasteiger partial charge in [0.25, 0.3) is 0 Å². The average Bonchev–Trinajstić information content (AvgIpc) is 2.66. The summed E-state index contributed by atoms with van der Waals surface area (Å²) in [5.41, 5.74) is 1.83. The highest BCUT2D eigenvalue weighted by Crippen LogP contribution is 2.20. The Bertz CT molecular complexity index is 995. The van der Waals surface area contributed by atoms with Crippen molar-refractivity contribution in [2.75, 3.05) is 12.4 Å². The summed E-state index contributed by atoms with van der Waals surface area (Å²) in [6, 6.07) is 6.54. The van der Waals surface area contributed by atoms with E-state index in [2.05, 4.69) is 20.3 Å². The highest BCUT2D eigenvalue weighted by Gasteiger charge is 2.14. The summed E-state index contributed by atoms with van der Waals surface area (Å²) < 4.78 is 31.6. The fraction of sp³-hybridized carbons (Fsp3) is 0.158. The van der Waals surface area contributed by atoms with E-state index in [1.165, 1.54) is 25.3 Å². The van der Waals surface area contributed by atoms with Gasteiger partial charge in [0.15, 0.2) is 11.5 Å². The highest BCUT2D eigenvalue weighted by molar-refractivity contribution is 5.88. The molecule has 0 unspecified atom stereocenters. The molecule has 0 aliphatic carbocycles. The van der Waals surface area contributed by atoms with Gasteiger partial charge in [0.2, 0.25) is 0 Å². The van der Waals surface area contributed by atoms with Gasteiger partial charge in [-0.3, -0.25) is 4.98 Å². The Hall–Kier alpha value is -3.42. The number of ether oxygens (including phenoxy) is 1. The number of esters is 1. The molecule has 0 fully saturated rings. The van der Waals surface area contributed by atoms with Gasteiger partial charge >= 0.3 is 5.97 Å². The van der Waals surface area contributed by atoms with Crippen LogP contribution in [0.25, 0.3) is 11.4 Å². The van der Waals surface area contributed by atoms with Crippen molar-refractivity contribution in [2.24, 2.45) is 0 Å². The van der Waals surface area contributed by atoms with Crippen molar-refractivity contribution in [3.63, 3.8) is 0 Å². The van der Waals surface area contributed by atoms with Crippen LogP contribution in [0.5, 0.6) is 0 Å². The zero-order chi connectivity index (χ0) is 19.4. The quantitative estimate of drug-likeness (QED) is 0.693. The van der Waals surface area contributed by atoms with E-state index in [1.807, 2.05) is 13.0 Å². The largest absolute Gasteiger partial charge is 0.464 e. The molecule has 0 radical (unpaired) electrons. The number of pyridine rings is 1. The average molecular weight is 370 g/mol. The summed E-state index contributed by atoms with van der Waals surface area (Å²) in [4.78, 5) is 24.6. The fourth-order valence-corrected chi connectivity index (χ4v) is 2.40. The summed E-state index contributed by atoms with van der Waals surface area (Å²) in [5, 5.41) is 2.92. The SMILES string of the molecule is COC(=O)c1cc(NCc2ccc(F)cc2F)nc(-c2cncc(C)c2)n1. The topological polar surface area (TPSA) is 77.0 Å². The van der Waals surface area contributed by atoms with Gasteiger partial charge in [0.1, 0.15) is 17.5 Å². The maximum Gasteiger partial charge on any atom is 0.356 e. The van der Waals surface area contributed by atoms with Crippen LogP contribution in [-0.4, -0.2) is 28.0 Å². The number of benzene rings is 1. The zero-order valence-electron chi connectivity index (χ0n) is 14.7. The van der Waals surface area contributed by atoms with Crippen LogP contribution in [0.1, 0.15) is 21.6 Å². The molecule has 0 atom stereocenters. The summed E-state index contributed by atoms with van der Waals surface area (Å²) in [5.74, 6) is -1.38. The van der Waals surface area contributed by atoms with Crippen LogP contribution in [0.2, 0.25) is 0 Å². The van der Waals surface area contributed by atoms with Crippen LogP contribution in [0.3, 0.4) is 0 Å². The van der Waals surface area contributed by atoms with Gasteiger partial charge in [0, 0.05) is 42.2 Å². The standard InChI is InChI=1S/C19H16F2N4O2/c1-11-5-13(9-22-8-11)18-24-16(19(26)27-2)7-17(25-18)23-10-12-3-4-14(20)6-15(12)21/h3-9H,10H2,1-2H3,(H,23,24,25). The van der Waals surface area contributed by atoms with Crippen molar-refractivity contribution in [1.82, 2.24) is 15.0 Å². The normalized spacial score (nSPS) is 10.5. The molecular formula is C19H16F2N4O2. The molecule has 6 nitrogen and oxygen atoms in total. The predicted octanol–water partition coefficient (Wildman–Crippen LogP) is 3.52. The number of rotatable bonds is 5. The molecule has 0 saturated heterocycles. The third kappa shape index (κ3) is 4.41. The second-order valence-electron chi connectivity index (χ2n) is 5.79. The Balaban J connectivity index is 1.94. The number of halogens is 2. The third-order valence-corrected chi connectivity index (χ3v) is 3.73. The molecule has 0 aliphatic rings. The molecule has 8 heteroatoms. The Labute approximate surface area is 154 Å². The number of anilines is 1. The van der Waals surface area contributed by atoms with Crippen LogP contribution in [0, 0.1) is 18.6 Å². The number of hydrogen-bond donors (Lipinski definition) is 1. The van der Waals surface area contributed by atoms with E-state index in [0.29, 0.717) is 11.4 Å². The summed E-state index contributed by atoms with van der Waals surface area (Å²) >= 11 is 0. The smallest absolute Gasteiger partial charge is 0.356 e. The lowest BCUT2D eigenvalue weighted by molar-refractivity contribution is 0.0594. The minimum absolute atomic E-state index is 0.0473. The van der Waals surface area contributed by atoms with E-state index in [9.17, 15) is 13.6 Å². The van der Waals surface area contributed by atoms with E-state index in [4.69, 9.17) is 4.74 Å². The van der Waals surface area contributed by atoms with Crippen LogP contribution in [-0.2, 0) is 11.3 Å². The molecule has 27 heavy (non-hydrogen) atoms. The number of aromatic nitrogens is 3. The second kappa shape index (κ2) is 7.86. The van der Waals surface area contributed by atoms with Crippen molar-refractivity contribution < 1.29 is 18.3 Å². The highest BCUT2D eigenvalue weighted by atomic mass is 19.1. The molecule has 0 amide bonds. The van der Waals surface area contributed by atoms with Crippen molar-refractivity contribution in [1.29, 1.82) is 0 Å². The van der Waals surface area contributed by atoms with Gasteiger partial charge in [-0.25, -0.2) is 23.5 Å². The lowest BCUT2D eigenvalue weighted by atomic mass is 10.2. The minimum atomic E-state index is -0.673. The van der Waals surface area contributed by atoms with Crippen LogP contribution in [0.15, 0.2) is 42.7 Å². The molecule has 3 rings (SSSR count). The lowest BCUT2D eigenvalue weighted by Gasteiger charge is -2.10. The summed E-state index contributed by atoms with van der Waals surface area (Å²) in [7, 11) is 1.25. The van der Waals surface area contributed by atoms with Crippen molar-refractivity contribution in [3.05, 3.63) is 71.2 Å². The van der Waals surface area contributed by atoms with Crippen molar-refractivity contribution >= 4 is 11.8 Å². The van der Waals surface area contributed by atoms with Crippen molar-refractivity contribution in [2.45, 2.75) is 13.5 Å². The van der Waals surface area contributed by atoms with E-state index in [0.717, 1.165) is 11.6 Å². The molecule has 0 bridgehead atoms. The van der Waals surface area contributed by atoms with E-state index in [-0.39, 0.29) is 23.6 Å². The molecular weight excluding hydrogens is 354 g/mol. The lowest BCUT2D eigenvalue weighted by Crippen LogP contribution is -2.10. The Kier molecular flexibility index (Phi) is 5.35. The van der Waals surface area contributed by atoms with Crippen LogP contribution >= 0.6 is 0 Å². The molecule has 0 saturated carbocycles. The predicted molar refractivity (Wildman–Crippen MR) is 95.0 cm³/mol. The van der Waals surface area contributed by atoms with Crippen LogP contribution in [0.4, 0.5) is 14.6 Å². The number of methoxy groups -OCH3 is 1. The number of carbonyl (C=O) groups is 1. The van der Waals surface area contributed by atoms with Gasteiger partial charge in [-0.2, -0.15) is 0 Å². The molecule has 1 aromatic carbocycles. The van der Waals surface area contributed by atoms with Gasteiger partial charge < -0.3 is 10.1 Å². The molecule has 0 spiro atoms. The summed E-state index contributed by atoms with van der Waals surface area (Å²) in [6.45, 7) is 1.92. The molecule has 3 aromatic rings. The van der Waals surface area contributed by atoms with Gasteiger partial charge in [-0.05, 0) is 24.6 Å². The fourth-order valence-electron chi connectivity index (χ4n) is 2.40. The van der Waals surface area contributed by atoms with E-state index < -0.39 is 17.6 Å². The molecule has 0 aliphatic heterocycles. The van der Waals surface area contributed by atoms with E-state index in [1.54, 1.807) is 12.4 Å². The van der Waals surface area contributed by atoms with Crippen molar-refractivity contribution in [3.8, 4) is 11.4 Å². The Morgan fingerprint density at radius 3 is 2.67 bits per heavy atom. The number of nitrogens with one attached hydrogen (secondary N) is 1. The van der Waals surface area contributed by atoms with Crippen LogP contribution < -0.4 is 5.32 Å². The molecule has 2 aromatic heterocycles. The molecule has 138 valence electrons. The van der Waals surface area contributed by atoms with E-state index >= 15 is 0 Å².